The highest BCUT2D eigenvalue weighted by Gasteiger charge is 2.22. The SMILES string of the molecule is COCCOc1ccc(C(C)NC(=O)c2cc(SC)ccc2[N+](=O)[O-])cc1OC. The van der Waals surface area contributed by atoms with Crippen molar-refractivity contribution in [1.29, 1.82) is 0 Å². The van der Waals surface area contributed by atoms with Crippen LogP contribution in [0.1, 0.15) is 28.9 Å². The molecule has 0 saturated heterocycles. The third-order valence-electron chi connectivity index (χ3n) is 4.23. The number of hydrogen-bond donors (Lipinski definition) is 1. The zero-order valence-corrected chi connectivity index (χ0v) is 17.6. The number of nitrogens with one attached hydrogen (secondary N) is 1. The highest BCUT2D eigenvalue weighted by Crippen LogP contribution is 2.31. The van der Waals surface area contributed by atoms with Crippen LogP contribution in [0.25, 0.3) is 0 Å². The van der Waals surface area contributed by atoms with Crippen LogP contribution in [0.3, 0.4) is 0 Å². The van der Waals surface area contributed by atoms with Crippen LogP contribution >= 0.6 is 11.8 Å². The van der Waals surface area contributed by atoms with Gasteiger partial charge in [-0.2, -0.15) is 0 Å². The molecule has 0 aliphatic rings. The van der Waals surface area contributed by atoms with Gasteiger partial charge in [-0.15, -0.1) is 11.8 Å². The lowest BCUT2D eigenvalue weighted by Gasteiger charge is -2.17. The molecular weight excluding hydrogens is 396 g/mol. The number of rotatable bonds is 10. The number of hydrogen-bond acceptors (Lipinski definition) is 7. The van der Waals surface area contributed by atoms with Crippen molar-refractivity contribution < 1.29 is 23.9 Å². The molecule has 156 valence electrons. The lowest BCUT2D eigenvalue weighted by atomic mass is 10.1. The standard InChI is InChI=1S/C20H24N2O6S/c1-13(14-5-8-18(19(11-14)27-3)28-10-9-26-2)21-20(23)16-12-15(29-4)6-7-17(16)22(24)25/h5-8,11-13H,9-10H2,1-4H3,(H,21,23). The van der Waals surface area contributed by atoms with Gasteiger partial charge in [0.25, 0.3) is 11.6 Å². The first-order valence-corrected chi connectivity index (χ1v) is 10.1. The normalized spacial score (nSPS) is 11.6. The number of nitrogens with zero attached hydrogens (tertiary/aromatic N) is 1. The monoisotopic (exact) mass is 420 g/mol. The van der Waals surface area contributed by atoms with Gasteiger partial charge in [-0.25, -0.2) is 0 Å². The molecule has 0 fully saturated rings. The average Bonchev–Trinajstić information content (AvgIpc) is 2.73. The Hall–Kier alpha value is -2.78. The smallest absolute Gasteiger partial charge is 0.282 e. The first kappa shape index (κ1) is 22.5. The maximum atomic E-state index is 12.7. The van der Waals surface area contributed by atoms with Crippen molar-refractivity contribution in [1.82, 2.24) is 5.32 Å². The van der Waals surface area contributed by atoms with Crippen LogP contribution in [0.4, 0.5) is 5.69 Å². The molecule has 9 heteroatoms. The molecular formula is C20H24N2O6S. The van der Waals surface area contributed by atoms with Gasteiger partial charge in [0.2, 0.25) is 0 Å². The number of carbonyl (C=O) groups is 1. The van der Waals surface area contributed by atoms with Gasteiger partial charge in [-0.1, -0.05) is 6.07 Å². The van der Waals surface area contributed by atoms with Crippen LogP contribution in [-0.2, 0) is 4.74 Å². The van der Waals surface area contributed by atoms with Gasteiger partial charge in [0.15, 0.2) is 11.5 Å². The maximum Gasteiger partial charge on any atom is 0.282 e. The van der Waals surface area contributed by atoms with Crippen LogP contribution in [0.5, 0.6) is 11.5 Å². The molecule has 0 saturated carbocycles. The summed E-state index contributed by atoms with van der Waals surface area (Å²) in [5.41, 5.74) is 0.574. The summed E-state index contributed by atoms with van der Waals surface area (Å²) in [4.78, 5) is 24.2. The minimum Gasteiger partial charge on any atom is -0.493 e. The highest BCUT2D eigenvalue weighted by atomic mass is 32.2. The van der Waals surface area contributed by atoms with E-state index < -0.39 is 16.9 Å². The number of amides is 1. The molecule has 1 atom stereocenters. The van der Waals surface area contributed by atoms with E-state index in [9.17, 15) is 14.9 Å². The predicted molar refractivity (Wildman–Crippen MR) is 111 cm³/mol. The van der Waals surface area contributed by atoms with Gasteiger partial charge in [0.1, 0.15) is 12.2 Å². The number of nitro benzene ring substituents is 1. The molecule has 2 aromatic carbocycles. The number of carbonyl (C=O) groups excluding carboxylic acids is 1. The number of methoxy groups -OCH3 is 2. The quantitative estimate of drug-likeness (QED) is 0.270. The van der Waals surface area contributed by atoms with E-state index in [-0.39, 0.29) is 11.3 Å². The van der Waals surface area contributed by atoms with Crippen molar-refractivity contribution in [3.05, 3.63) is 57.6 Å². The summed E-state index contributed by atoms with van der Waals surface area (Å²) in [6, 6.07) is 9.42. The van der Waals surface area contributed by atoms with E-state index in [1.807, 2.05) is 12.3 Å². The Morgan fingerprint density at radius 1 is 1.17 bits per heavy atom. The van der Waals surface area contributed by atoms with E-state index >= 15 is 0 Å². The summed E-state index contributed by atoms with van der Waals surface area (Å²) in [5, 5.41) is 14.1. The maximum absolute atomic E-state index is 12.7. The third-order valence-corrected chi connectivity index (χ3v) is 4.95. The van der Waals surface area contributed by atoms with Crippen molar-refractivity contribution in [2.45, 2.75) is 17.9 Å². The second-order valence-corrected chi connectivity index (χ2v) is 6.97. The van der Waals surface area contributed by atoms with E-state index in [0.29, 0.717) is 24.7 Å². The topological polar surface area (TPSA) is 99.9 Å². The van der Waals surface area contributed by atoms with Gasteiger partial charge < -0.3 is 19.5 Å². The Balaban J connectivity index is 2.20. The van der Waals surface area contributed by atoms with E-state index in [2.05, 4.69) is 5.32 Å². The number of thioether (sulfide) groups is 1. The Morgan fingerprint density at radius 2 is 1.93 bits per heavy atom. The minimum atomic E-state index is -0.557. The van der Waals surface area contributed by atoms with E-state index in [1.54, 1.807) is 32.2 Å². The van der Waals surface area contributed by atoms with Gasteiger partial charge in [0.05, 0.1) is 24.7 Å². The van der Waals surface area contributed by atoms with Gasteiger partial charge >= 0.3 is 0 Å². The van der Waals surface area contributed by atoms with E-state index in [4.69, 9.17) is 14.2 Å². The second kappa shape index (κ2) is 10.7. The fourth-order valence-corrected chi connectivity index (χ4v) is 3.09. The molecule has 0 spiro atoms. The molecule has 2 aromatic rings. The molecule has 0 radical (unpaired) electrons. The average molecular weight is 420 g/mol. The number of benzene rings is 2. The summed E-state index contributed by atoms with van der Waals surface area (Å²) in [5.74, 6) is 0.574. The first-order chi connectivity index (χ1) is 13.9. The molecule has 0 aliphatic carbocycles. The fraction of sp³-hybridized carbons (Fsp3) is 0.350. The second-order valence-electron chi connectivity index (χ2n) is 6.09. The third kappa shape index (κ3) is 5.85. The molecule has 1 N–H and O–H groups in total. The lowest BCUT2D eigenvalue weighted by molar-refractivity contribution is -0.385. The zero-order valence-electron chi connectivity index (χ0n) is 16.8. The van der Waals surface area contributed by atoms with Crippen LogP contribution in [-0.4, -0.2) is 44.5 Å². The molecule has 0 heterocycles. The Labute approximate surface area is 173 Å². The first-order valence-electron chi connectivity index (χ1n) is 8.84. The van der Waals surface area contributed by atoms with E-state index in [1.165, 1.54) is 31.0 Å². The van der Waals surface area contributed by atoms with Crippen LogP contribution < -0.4 is 14.8 Å². The Bertz CT molecular complexity index is 874. The molecule has 2 rings (SSSR count). The summed E-state index contributed by atoms with van der Waals surface area (Å²) < 4.78 is 15.9. The van der Waals surface area contributed by atoms with Gasteiger partial charge in [0, 0.05) is 18.1 Å². The molecule has 1 amide bonds. The zero-order chi connectivity index (χ0) is 21.4. The van der Waals surface area contributed by atoms with Crippen molar-refractivity contribution in [3.63, 3.8) is 0 Å². The van der Waals surface area contributed by atoms with Crippen molar-refractivity contribution in [2.24, 2.45) is 0 Å². The van der Waals surface area contributed by atoms with Crippen LogP contribution in [0.2, 0.25) is 0 Å². The number of ether oxygens (including phenoxy) is 3. The van der Waals surface area contributed by atoms with Gasteiger partial charge in [-0.05, 0) is 43.0 Å². The van der Waals surface area contributed by atoms with Crippen LogP contribution in [0, 0.1) is 10.1 Å². The Kier molecular flexibility index (Phi) is 8.29. The van der Waals surface area contributed by atoms with Crippen molar-refractivity contribution in [3.8, 4) is 11.5 Å². The predicted octanol–water partition coefficient (Wildman–Crippen LogP) is 3.84. The fourth-order valence-electron chi connectivity index (χ4n) is 2.65. The molecule has 0 aliphatic heterocycles. The highest BCUT2D eigenvalue weighted by molar-refractivity contribution is 7.98. The largest absolute Gasteiger partial charge is 0.493 e. The number of nitro groups is 1. The van der Waals surface area contributed by atoms with E-state index in [0.717, 1.165) is 10.5 Å². The minimum absolute atomic E-state index is 0.0279. The summed E-state index contributed by atoms with van der Waals surface area (Å²) in [6.07, 6.45) is 1.84. The summed E-state index contributed by atoms with van der Waals surface area (Å²) in [6.45, 7) is 2.63. The lowest BCUT2D eigenvalue weighted by Crippen LogP contribution is -2.27. The molecule has 8 nitrogen and oxygen atoms in total. The molecule has 1 unspecified atom stereocenters. The van der Waals surface area contributed by atoms with Gasteiger partial charge in [-0.3, -0.25) is 14.9 Å². The summed E-state index contributed by atoms with van der Waals surface area (Å²) in [7, 11) is 3.12. The van der Waals surface area contributed by atoms with Crippen LogP contribution in [0.15, 0.2) is 41.3 Å². The molecule has 29 heavy (non-hydrogen) atoms. The molecule has 0 aromatic heterocycles. The van der Waals surface area contributed by atoms with Crippen molar-refractivity contribution in [2.75, 3.05) is 33.7 Å². The van der Waals surface area contributed by atoms with Crippen molar-refractivity contribution >= 4 is 23.4 Å². The summed E-state index contributed by atoms with van der Waals surface area (Å²) >= 11 is 1.41. The Morgan fingerprint density at radius 3 is 2.55 bits per heavy atom. The molecule has 0 bridgehead atoms.